The van der Waals surface area contributed by atoms with Crippen molar-refractivity contribution in [2.75, 3.05) is 17.6 Å². The highest BCUT2D eigenvalue weighted by Gasteiger charge is 2.03. The second-order valence-corrected chi connectivity index (χ2v) is 5.13. The monoisotopic (exact) mass is 265 g/mol. The van der Waals surface area contributed by atoms with Gasteiger partial charge in [0.05, 0.1) is 11.4 Å². The predicted molar refractivity (Wildman–Crippen MR) is 86.1 cm³/mol. The Hall–Kier alpha value is -2.42. The van der Waals surface area contributed by atoms with Crippen LogP contribution in [-0.2, 0) is 6.42 Å². The number of nitrogen functional groups attached to an aromatic ring is 1. The first-order valence-electron chi connectivity index (χ1n) is 6.89. The summed E-state index contributed by atoms with van der Waals surface area (Å²) in [5, 5.41) is 4.70. The van der Waals surface area contributed by atoms with Crippen molar-refractivity contribution in [3.63, 3.8) is 0 Å². The number of para-hydroxylation sites is 1. The average Bonchev–Trinajstić information content (AvgIpc) is 2.85. The number of rotatable bonds is 4. The lowest BCUT2D eigenvalue weighted by Gasteiger charge is -2.09. The van der Waals surface area contributed by atoms with Crippen LogP contribution in [0, 0.1) is 6.92 Å². The number of aromatic amines is 1. The Bertz CT molecular complexity index is 728. The number of hydrogen-bond donors (Lipinski definition) is 3. The van der Waals surface area contributed by atoms with Crippen LogP contribution >= 0.6 is 0 Å². The van der Waals surface area contributed by atoms with Crippen molar-refractivity contribution in [3.05, 3.63) is 59.8 Å². The molecule has 102 valence electrons. The van der Waals surface area contributed by atoms with Crippen LogP contribution in [0.5, 0.6) is 0 Å². The number of anilines is 2. The van der Waals surface area contributed by atoms with E-state index in [4.69, 9.17) is 5.73 Å². The third kappa shape index (κ3) is 2.48. The first kappa shape index (κ1) is 12.6. The van der Waals surface area contributed by atoms with Gasteiger partial charge in [0.2, 0.25) is 0 Å². The molecule has 0 bridgehead atoms. The molecule has 0 spiro atoms. The van der Waals surface area contributed by atoms with Crippen LogP contribution in [0.4, 0.5) is 11.4 Å². The van der Waals surface area contributed by atoms with Crippen molar-refractivity contribution in [3.8, 4) is 0 Å². The fraction of sp³-hybridized carbons (Fsp3) is 0.176. The Balaban J connectivity index is 1.68. The van der Waals surface area contributed by atoms with Gasteiger partial charge < -0.3 is 16.0 Å². The van der Waals surface area contributed by atoms with Gasteiger partial charge in [0.1, 0.15) is 0 Å². The molecule has 0 unspecified atom stereocenters. The normalized spacial score (nSPS) is 10.8. The minimum absolute atomic E-state index is 0.809. The third-order valence-electron chi connectivity index (χ3n) is 3.59. The molecular weight excluding hydrogens is 246 g/mol. The number of aryl methyl sites for hydroxylation is 1. The molecule has 0 fully saturated rings. The molecule has 2 aromatic carbocycles. The maximum atomic E-state index is 6.00. The zero-order chi connectivity index (χ0) is 13.9. The van der Waals surface area contributed by atoms with Crippen LogP contribution in [-0.4, -0.2) is 11.5 Å². The maximum absolute atomic E-state index is 6.00. The van der Waals surface area contributed by atoms with Gasteiger partial charge in [-0.25, -0.2) is 0 Å². The lowest BCUT2D eigenvalue weighted by molar-refractivity contribution is 1.03. The Morgan fingerprint density at radius 3 is 2.85 bits per heavy atom. The summed E-state index contributed by atoms with van der Waals surface area (Å²) in [5.74, 6) is 0. The van der Waals surface area contributed by atoms with Crippen LogP contribution in [0.15, 0.2) is 48.7 Å². The largest absolute Gasteiger partial charge is 0.397 e. The molecule has 0 atom stereocenters. The zero-order valence-electron chi connectivity index (χ0n) is 11.6. The second-order valence-electron chi connectivity index (χ2n) is 5.13. The molecule has 20 heavy (non-hydrogen) atoms. The van der Waals surface area contributed by atoms with E-state index in [-0.39, 0.29) is 0 Å². The molecule has 3 heteroatoms. The lowest BCUT2D eigenvalue weighted by atomic mass is 10.1. The first-order chi connectivity index (χ1) is 9.74. The molecule has 1 aromatic heterocycles. The molecule has 0 aliphatic carbocycles. The molecule has 1 heterocycles. The number of nitrogens with two attached hydrogens (primary N) is 1. The van der Waals surface area contributed by atoms with Crippen LogP contribution in [0.3, 0.4) is 0 Å². The van der Waals surface area contributed by atoms with Crippen molar-refractivity contribution >= 4 is 22.3 Å². The molecule has 3 rings (SSSR count). The van der Waals surface area contributed by atoms with E-state index in [2.05, 4.69) is 40.8 Å². The van der Waals surface area contributed by atoms with Gasteiger partial charge >= 0.3 is 0 Å². The molecule has 0 radical (unpaired) electrons. The van der Waals surface area contributed by atoms with E-state index in [0.717, 1.165) is 24.3 Å². The summed E-state index contributed by atoms with van der Waals surface area (Å²) in [7, 11) is 0. The topological polar surface area (TPSA) is 53.8 Å². The van der Waals surface area contributed by atoms with Gasteiger partial charge in [0.15, 0.2) is 0 Å². The van der Waals surface area contributed by atoms with Crippen molar-refractivity contribution in [1.82, 2.24) is 4.98 Å². The number of hydrogen-bond acceptors (Lipinski definition) is 2. The number of nitrogens with one attached hydrogen (secondary N) is 2. The van der Waals surface area contributed by atoms with Crippen molar-refractivity contribution in [1.29, 1.82) is 0 Å². The number of aromatic nitrogens is 1. The lowest BCUT2D eigenvalue weighted by Crippen LogP contribution is -2.06. The van der Waals surface area contributed by atoms with Gasteiger partial charge in [-0.2, -0.15) is 0 Å². The Kier molecular flexibility index (Phi) is 3.33. The minimum atomic E-state index is 0.809. The molecule has 0 aliphatic heterocycles. The highest BCUT2D eigenvalue weighted by molar-refractivity contribution is 5.83. The molecule has 0 saturated carbocycles. The smallest absolute Gasteiger partial charge is 0.0574 e. The van der Waals surface area contributed by atoms with E-state index in [1.54, 1.807) is 0 Å². The van der Waals surface area contributed by atoms with Crippen LogP contribution in [0.1, 0.15) is 11.1 Å². The maximum Gasteiger partial charge on any atom is 0.0574 e. The van der Waals surface area contributed by atoms with Gasteiger partial charge in [-0.1, -0.05) is 24.3 Å². The summed E-state index contributed by atoms with van der Waals surface area (Å²) < 4.78 is 0. The molecular formula is C17H19N3. The van der Waals surface area contributed by atoms with Crippen molar-refractivity contribution in [2.45, 2.75) is 13.3 Å². The van der Waals surface area contributed by atoms with Gasteiger partial charge in [-0.05, 0) is 42.7 Å². The van der Waals surface area contributed by atoms with Gasteiger partial charge in [-0.3, -0.25) is 0 Å². The summed E-state index contributed by atoms with van der Waals surface area (Å²) in [5.41, 5.74) is 11.5. The Morgan fingerprint density at radius 2 is 2.00 bits per heavy atom. The summed E-state index contributed by atoms with van der Waals surface area (Å²) in [6, 6.07) is 14.5. The fourth-order valence-corrected chi connectivity index (χ4v) is 2.51. The van der Waals surface area contributed by atoms with E-state index in [1.165, 1.54) is 22.0 Å². The van der Waals surface area contributed by atoms with E-state index in [9.17, 15) is 0 Å². The highest BCUT2D eigenvalue weighted by atomic mass is 14.9. The van der Waals surface area contributed by atoms with Crippen LogP contribution in [0.25, 0.3) is 10.9 Å². The molecule has 3 aromatic rings. The van der Waals surface area contributed by atoms with Gasteiger partial charge in [0, 0.05) is 23.6 Å². The highest BCUT2D eigenvalue weighted by Crippen LogP contribution is 2.21. The number of benzene rings is 2. The summed E-state index contributed by atoms with van der Waals surface area (Å²) in [6.45, 7) is 2.92. The Morgan fingerprint density at radius 1 is 1.15 bits per heavy atom. The van der Waals surface area contributed by atoms with Crippen molar-refractivity contribution < 1.29 is 0 Å². The molecule has 4 N–H and O–H groups in total. The quantitative estimate of drug-likeness (QED) is 0.630. The predicted octanol–water partition coefficient (Wildman–Crippen LogP) is 3.71. The number of fused-ring (bicyclic) bond motifs is 1. The zero-order valence-corrected chi connectivity index (χ0v) is 11.6. The number of H-pyrrole nitrogens is 1. The fourth-order valence-electron chi connectivity index (χ4n) is 2.51. The minimum Gasteiger partial charge on any atom is -0.397 e. The Labute approximate surface area is 118 Å². The summed E-state index contributed by atoms with van der Waals surface area (Å²) in [4.78, 5) is 3.30. The molecule has 0 amide bonds. The van der Waals surface area contributed by atoms with Crippen LogP contribution in [0.2, 0.25) is 0 Å². The van der Waals surface area contributed by atoms with Gasteiger partial charge in [-0.15, -0.1) is 0 Å². The van der Waals surface area contributed by atoms with E-state index in [0.29, 0.717) is 0 Å². The SMILES string of the molecule is Cc1ccc(NCCc2c[nH]c3ccccc23)c(N)c1. The van der Waals surface area contributed by atoms with Gasteiger partial charge in [0.25, 0.3) is 0 Å². The van der Waals surface area contributed by atoms with E-state index < -0.39 is 0 Å². The molecule has 0 aliphatic rings. The standard InChI is InChI=1S/C17H19N3/c1-12-6-7-17(15(18)10-12)19-9-8-13-11-20-16-5-3-2-4-14(13)16/h2-7,10-11,19-20H,8-9,18H2,1H3. The first-order valence-corrected chi connectivity index (χ1v) is 6.89. The van der Waals surface area contributed by atoms with Crippen molar-refractivity contribution in [2.24, 2.45) is 0 Å². The third-order valence-corrected chi connectivity index (χ3v) is 3.59. The second kappa shape index (κ2) is 5.29. The van der Waals surface area contributed by atoms with E-state index in [1.807, 2.05) is 25.1 Å². The molecule has 3 nitrogen and oxygen atoms in total. The van der Waals surface area contributed by atoms with Crippen LogP contribution < -0.4 is 11.1 Å². The molecule has 0 saturated heterocycles. The average molecular weight is 265 g/mol. The van der Waals surface area contributed by atoms with E-state index >= 15 is 0 Å². The summed E-state index contributed by atoms with van der Waals surface area (Å²) in [6.07, 6.45) is 3.06. The summed E-state index contributed by atoms with van der Waals surface area (Å²) >= 11 is 0.